The van der Waals surface area contributed by atoms with Crippen LogP contribution in [-0.2, 0) is 20.4 Å². The first-order valence-corrected chi connectivity index (χ1v) is 10.1. The quantitative estimate of drug-likeness (QED) is 0.821. The van der Waals surface area contributed by atoms with Crippen molar-refractivity contribution in [1.82, 2.24) is 4.31 Å². The Morgan fingerprint density at radius 1 is 1.11 bits per heavy atom. The van der Waals surface area contributed by atoms with Crippen LogP contribution >= 0.6 is 0 Å². The maximum atomic E-state index is 13.3. The Morgan fingerprint density at radius 3 is 2.30 bits per heavy atom. The molecule has 3 rings (SSSR count). The van der Waals surface area contributed by atoms with E-state index in [2.05, 4.69) is 6.58 Å². The van der Waals surface area contributed by atoms with E-state index in [1.165, 1.54) is 18.2 Å². The first-order chi connectivity index (χ1) is 12.5. The van der Waals surface area contributed by atoms with Crippen LogP contribution in [0.1, 0.15) is 30.0 Å². The van der Waals surface area contributed by atoms with E-state index in [0.717, 1.165) is 15.4 Å². The number of nitrogens with zero attached hydrogens (tertiary/aromatic N) is 1. The van der Waals surface area contributed by atoms with Gasteiger partial charge in [-0.25, -0.2) is 12.7 Å². The second-order valence-corrected chi connectivity index (χ2v) is 9.14. The predicted molar refractivity (Wildman–Crippen MR) is 104 cm³/mol. The SMILES string of the molecule is C=C[C@@]1(C)C[C@](O)(c2cccc(C)c2)C(=O)N1S(=O)(=O)c1ccc(C)cc1. The van der Waals surface area contributed by atoms with Crippen molar-refractivity contribution in [3.8, 4) is 0 Å². The van der Waals surface area contributed by atoms with Crippen molar-refractivity contribution in [3.05, 3.63) is 77.9 Å². The van der Waals surface area contributed by atoms with Crippen LogP contribution in [0, 0.1) is 13.8 Å². The molecule has 0 spiro atoms. The van der Waals surface area contributed by atoms with Crippen LogP contribution in [0.15, 0.2) is 66.1 Å². The highest BCUT2D eigenvalue weighted by Crippen LogP contribution is 2.46. The summed E-state index contributed by atoms with van der Waals surface area (Å²) in [6.45, 7) is 9.02. The number of hydrogen-bond donors (Lipinski definition) is 1. The van der Waals surface area contributed by atoms with Crippen LogP contribution in [0.25, 0.3) is 0 Å². The molecule has 1 N–H and O–H groups in total. The molecule has 5 nitrogen and oxygen atoms in total. The van der Waals surface area contributed by atoms with Gasteiger partial charge in [-0.05, 0) is 38.5 Å². The molecule has 0 radical (unpaired) electrons. The Bertz CT molecular complexity index is 1010. The molecule has 0 unspecified atom stereocenters. The van der Waals surface area contributed by atoms with Crippen LogP contribution in [0.3, 0.4) is 0 Å². The number of hydrogen-bond acceptors (Lipinski definition) is 4. The van der Waals surface area contributed by atoms with Gasteiger partial charge < -0.3 is 5.11 Å². The highest BCUT2D eigenvalue weighted by Gasteiger charge is 2.60. The van der Waals surface area contributed by atoms with E-state index in [4.69, 9.17) is 0 Å². The van der Waals surface area contributed by atoms with E-state index >= 15 is 0 Å². The molecule has 2 aromatic carbocycles. The highest BCUT2D eigenvalue weighted by atomic mass is 32.2. The molecule has 0 bridgehead atoms. The molecule has 2 aromatic rings. The molecule has 1 heterocycles. The molecule has 142 valence electrons. The average molecular weight is 385 g/mol. The van der Waals surface area contributed by atoms with Gasteiger partial charge in [0.25, 0.3) is 15.9 Å². The number of carbonyl (C=O) groups is 1. The fourth-order valence-corrected chi connectivity index (χ4v) is 5.30. The molecule has 27 heavy (non-hydrogen) atoms. The molecular weight excluding hydrogens is 362 g/mol. The smallest absolute Gasteiger partial charge is 0.273 e. The van der Waals surface area contributed by atoms with Crippen molar-refractivity contribution in [2.75, 3.05) is 0 Å². The maximum Gasteiger partial charge on any atom is 0.273 e. The summed E-state index contributed by atoms with van der Waals surface area (Å²) < 4.78 is 27.3. The topological polar surface area (TPSA) is 74.7 Å². The Balaban J connectivity index is 2.16. The number of rotatable bonds is 4. The van der Waals surface area contributed by atoms with E-state index < -0.39 is 27.1 Å². The Hall–Kier alpha value is -2.44. The number of amides is 1. The van der Waals surface area contributed by atoms with Crippen LogP contribution in [0.2, 0.25) is 0 Å². The lowest BCUT2D eigenvalue weighted by Crippen LogP contribution is -2.47. The van der Waals surface area contributed by atoms with Gasteiger partial charge in [-0.1, -0.05) is 53.6 Å². The largest absolute Gasteiger partial charge is 0.375 e. The van der Waals surface area contributed by atoms with E-state index in [1.807, 2.05) is 19.9 Å². The van der Waals surface area contributed by atoms with Crippen molar-refractivity contribution >= 4 is 15.9 Å². The second kappa shape index (κ2) is 6.32. The summed E-state index contributed by atoms with van der Waals surface area (Å²) in [5.74, 6) is -0.865. The number of carbonyl (C=O) groups excluding carboxylic acids is 1. The third-order valence-electron chi connectivity index (χ3n) is 5.11. The lowest BCUT2D eigenvalue weighted by atomic mass is 9.85. The van der Waals surface area contributed by atoms with Crippen LogP contribution in [-0.4, -0.2) is 29.3 Å². The summed E-state index contributed by atoms with van der Waals surface area (Å²) in [6.07, 6.45) is 1.31. The summed E-state index contributed by atoms with van der Waals surface area (Å²) in [5, 5.41) is 11.2. The minimum Gasteiger partial charge on any atom is -0.375 e. The van der Waals surface area contributed by atoms with Gasteiger partial charge in [-0.15, -0.1) is 6.58 Å². The van der Waals surface area contributed by atoms with E-state index in [-0.39, 0.29) is 11.3 Å². The number of benzene rings is 2. The summed E-state index contributed by atoms with van der Waals surface area (Å²) in [4.78, 5) is 13.3. The minimum absolute atomic E-state index is 0.00279. The first-order valence-electron chi connectivity index (χ1n) is 8.64. The fourth-order valence-electron chi connectivity index (χ4n) is 3.55. The third-order valence-corrected chi connectivity index (χ3v) is 7.04. The Morgan fingerprint density at radius 2 is 1.74 bits per heavy atom. The molecule has 0 saturated carbocycles. The molecule has 2 atom stereocenters. The Labute approximate surface area is 160 Å². The molecule has 1 saturated heterocycles. The van der Waals surface area contributed by atoms with Crippen LogP contribution < -0.4 is 0 Å². The molecular formula is C21H23NO4S. The van der Waals surface area contributed by atoms with Crippen molar-refractivity contribution in [2.45, 2.75) is 43.2 Å². The highest BCUT2D eigenvalue weighted by molar-refractivity contribution is 7.89. The Kier molecular flexibility index (Phi) is 4.52. The molecule has 1 aliphatic rings. The molecule has 1 aliphatic heterocycles. The third kappa shape index (κ3) is 2.99. The first kappa shape index (κ1) is 19.3. The normalized spacial score (nSPS) is 25.6. The van der Waals surface area contributed by atoms with Crippen LogP contribution in [0.5, 0.6) is 0 Å². The molecule has 1 fully saturated rings. The van der Waals surface area contributed by atoms with Crippen molar-refractivity contribution in [2.24, 2.45) is 0 Å². The number of sulfonamides is 1. The average Bonchev–Trinajstić information content (AvgIpc) is 2.83. The van der Waals surface area contributed by atoms with E-state index in [0.29, 0.717) is 5.56 Å². The number of aryl methyl sites for hydroxylation is 2. The lowest BCUT2D eigenvalue weighted by Gasteiger charge is -2.30. The van der Waals surface area contributed by atoms with Gasteiger partial charge in [0.15, 0.2) is 5.60 Å². The maximum absolute atomic E-state index is 13.3. The van der Waals surface area contributed by atoms with Gasteiger partial charge in [-0.3, -0.25) is 4.79 Å². The molecule has 0 aromatic heterocycles. The summed E-state index contributed by atoms with van der Waals surface area (Å²) in [5.41, 5.74) is -1.04. The van der Waals surface area contributed by atoms with E-state index in [9.17, 15) is 18.3 Å². The van der Waals surface area contributed by atoms with Crippen molar-refractivity contribution in [3.63, 3.8) is 0 Å². The van der Waals surface area contributed by atoms with Gasteiger partial charge in [0.1, 0.15) is 0 Å². The van der Waals surface area contributed by atoms with Gasteiger partial charge in [0.05, 0.1) is 10.4 Å². The van der Waals surface area contributed by atoms with E-state index in [1.54, 1.807) is 37.3 Å². The predicted octanol–water partition coefficient (Wildman–Crippen LogP) is 3.06. The summed E-state index contributed by atoms with van der Waals surface area (Å²) >= 11 is 0. The zero-order valence-electron chi connectivity index (χ0n) is 15.6. The summed E-state index contributed by atoms with van der Waals surface area (Å²) in [6, 6.07) is 13.2. The van der Waals surface area contributed by atoms with Gasteiger partial charge in [-0.2, -0.15) is 0 Å². The van der Waals surface area contributed by atoms with Gasteiger partial charge >= 0.3 is 0 Å². The number of aliphatic hydroxyl groups is 1. The lowest BCUT2D eigenvalue weighted by molar-refractivity contribution is -0.140. The molecule has 0 aliphatic carbocycles. The summed E-state index contributed by atoms with van der Waals surface area (Å²) in [7, 11) is -4.16. The molecule has 1 amide bonds. The zero-order valence-corrected chi connectivity index (χ0v) is 16.5. The zero-order chi connectivity index (χ0) is 20.0. The minimum atomic E-state index is -4.16. The van der Waals surface area contributed by atoms with Crippen molar-refractivity contribution in [1.29, 1.82) is 0 Å². The standard InChI is InChI=1S/C21H23NO4S/c1-5-20(4)14-21(24,17-8-6-7-16(3)13-17)19(23)22(20)27(25,26)18-11-9-15(2)10-12-18/h5-13,24H,1,14H2,2-4H3/t20-,21-/m0/s1. The monoisotopic (exact) mass is 385 g/mol. The van der Waals surface area contributed by atoms with Crippen LogP contribution in [0.4, 0.5) is 0 Å². The van der Waals surface area contributed by atoms with Gasteiger partial charge in [0, 0.05) is 6.42 Å². The van der Waals surface area contributed by atoms with Gasteiger partial charge in [0.2, 0.25) is 0 Å². The fraction of sp³-hybridized carbons (Fsp3) is 0.286. The van der Waals surface area contributed by atoms with Crippen molar-refractivity contribution < 1.29 is 18.3 Å². The molecule has 6 heteroatoms. The second-order valence-electron chi connectivity index (χ2n) is 7.36.